The second-order valence-electron chi connectivity index (χ2n) is 3.45. The van der Waals surface area contributed by atoms with Crippen LogP contribution in [0.5, 0.6) is 0 Å². The van der Waals surface area contributed by atoms with E-state index in [-0.39, 0.29) is 6.61 Å². The highest BCUT2D eigenvalue weighted by atomic mass is 31.0. The second-order valence-corrected chi connectivity index (χ2v) is 3.78. The van der Waals surface area contributed by atoms with Crippen molar-refractivity contribution in [2.75, 3.05) is 13.7 Å². The number of hydrogen-bond donors (Lipinski definition) is 0. The van der Waals surface area contributed by atoms with Gasteiger partial charge in [0.25, 0.3) is 0 Å². The molecule has 3 atom stereocenters. The SMILES string of the molecule is COC(=O)C1OC(C)(C)OC1COP. The van der Waals surface area contributed by atoms with Gasteiger partial charge < -0.3 is 18.7 Å². The molecule has 0 saturated carbocycles. The summed E-state index contributed by atoms with van der Waals surface area (Å²) in [5.41, 5.74) is 0. The van der Waals surface area contributed by atoms with Crippen molar-refractivity contribution in [3.05, 3.63) is 0 Å². The van der Waals surface area contributed by atoms with Crippen LogP contribution in [-0.4, -0.2) is 37.7 Å². The monoisotopic (exact) mass is 222 g/mol. The van der Waals surface area contributed by atoms with Crippen LogP contribution in [0.2, 0.25) is 0 Å². The molecule has 3 unspecified atom stereocenters. The van der Waals surface area contributed by atoms with Gasteiger partial charge in [-0.05, 0) is 13.8 Å². The van der Waals surface area contributed by atoms with Crippen molar-refractivity contribution in [2.24, 2.45) is 0 Å². The van der Waals surface area contributed by atoms with Crippen LogP contribution in [-0.2, 0) is 23.5 Å². The van der Waals surface area contributed by atoms with Gasteiger partial charge in [-0.3, -0.25) is 0 Å². The Morgan fingerprint density at radius 3 is 2.64 bits per heavy atom. The van der Waals surface area contributed by atoms with Gasteiger partial charge in [0.05, 0.1) is 13.7 Å². The minimum atomic E-state index is -0.771. The van der Waals surface area contributed by atoms with Gasteiger partial charge in [-0.15, -0.1) is 0 Å². The summed E-state index contributed by atoms with van der Waals surface area (Å²) < 4.78 is 20.3. The summed E-state index contributed by atoms with van der Waals surface area (Å²) in [7, 11) is 3.42. The fraction of sp³-hybridized carbons (Fsp3) is 0.875. The van der Waals surface area contributed by atoms with E-state index in [1.807, 2.05) is 0 Å². The average Bonchev–Trinajstić information content (AvgIpc) is 2.41. The zero-order valence-corrected chi connectivity index (χ0v) is 9.64. The van der Waals surface area contributed by atoms with E-state index >= 15 is 0 Å². The van der Waals surface area contributed by atoms with Gasteiger partial charge in [-0.25, -0.2) is 4.79 Å². The van der Waals surface area contributed by atoms with Crippen LogP contribution in [0.3, 0.4) is 0 Å². The quantitative estimate of drug-likeness (QED) is 0.513. The molecule has 1 heterocycles. The van der Waals surface area contributed by atoms with E-state index < -0.39 is 24.0 Å². The van der Waals surface area contributed by atoms with Crippen LogP contribution in [0.1, 0.15) is 13.8 Å². The van der Waals surface area contributed by atoms with Gasteiger partial charge in [0.2, 0.25) is 0 Å². The summed E-state index contributed by atoms with van der Waals surface area (Å²) in [4.78, 5) is 11.3. The maximum Gasteiger partial charge on any atom is 0.337 e. The van der Waals surface area contributed by atoms with Crippen LogP contribution in [0.4, 0.5) is 0 Å². The molecule has 0 radical (unpaired) electrons. The van der Waals surface area contributed by atoms with E-state index in [1.54, 1.807) is 13.8 Å². The number of carbonyl (C=O) groups excluding carboxylic acids is 1. The molecule has 0 aromatic rings. The topological polar surface area (TPSA) is 54.0 Å². The Bertz CT molecular complexity index is 218. The van der Waals surface area contributed by atoms with Crippen molar-refractivity contribution in [1.29, 1.82) is 0 Å². The van der Waals surface area contributed by atoms with Crippen molar-refractivity contribution in [3.8, 4) is 0 Å². The Labute approximate surface area is 85.3 Å². The molecular formula is C8H15O5P. The molecule has 14 heavy (non-hydrogen) atoms. The summed E-state index contributed by atoms with van der Waals surface area (Å²) in [5.74, 6) is -1.21. The molecule has 0 aromatic carbocycles. The summed E-state index contributed by atoms with van der Waals surface area (Å²) in [5, 5.41) is 0. The van der Waals surface area contributed by atoms with Crippen LogP contribution in [0.15, 0.2) is 0 Å². The van der Waals surface area contributed by atoms with Gasteiger partial charge in [0.1, 0.15) is 6.10 Å². The lowest BCUT2D eigenvalue weighted by Crippen LogP contribution is -2.34. The Morgan fingerprint density at radius 2 is 2.14 bits per heavy atom. The first-order valence-electron chi connectivity index (χ1n) is 4.25. The highest BCUT2D eigenvalue weighted by molar-refractivity contribution is 7.09. The van der Waals surface area contributed by atoms with Crippen molar-refractivity contribution in [2.45, 2.75) is 31.8 Å². The Hall–Kier alpha value is -0.220. The van der Waals surface area contributed by atoms with Crippen LogP contribution in [0, 0.1) is 0 Å². The van der Waals surface area contributed by atoms with E-state index in [1.165, 1.54) is 7.11 Å². The Kier molecular flexibility index (Phi) is 3.84. The lowest BCUT2D eigenvalue weighted by atomic mass is 10.2. The highest BCUT2D eigenvalue weighted by Crippen LogP contribution is 2.29. The van der Waals surface area contributed by atoms with Crippen molar-refractivity contribution in [3.63, 3.8) is 0 Å². The van der Waals surface area contributed by atoms with Gasteiger partial charge in [0, 0.05) is 9.47 Å². The average molecular weight is 222 g/mol. The van der Waals surface area contributed by atoms with Gasteiger partial charge in [-0.2, -0.15) is 0 Å². The summed E-state index contributed by atoms with van der Waals surface area (Å²) in [6.45, 7) is 3.76. The minimum Gasteiger partial charge on any atom is -0.467 e. The molecule has 0 aromatic heterocycles. The van der Waals surface area contributed by atoms with Crippen molar-refractivity contribution < 1.29 is 23.5 Å². The third-order valence-electron chi connectivity index (χ3n) is 1.88. The minimum absolute atomic E-state index is 0.272. The van der Waals surface area contributed by atoms with Crippen LogP contribution in [0.25, 0.3) is 0 Å². The first kappa shape index (κ1) is 11.9. The molecule has 5 nitrogen and oxygen atoms in total. The van der Waals surface area contributed by atoms with Crippen molar-refractivity contribution >= 4 is 15.4 Å². The number of hydrogen-bond acceptors (Lipinski definition) is 5. The molecule has 0 bridgehead atoms. The standard InChI is InChI=1S/C8H15O5P/c1-8(2)12-5(4-11-14)6(13-8)7(9)10-3/h5-6H,4,14H2,1-3H3. The van der Waals surface area contributed by atoms with E-state index in [0.717, 1.165) is 0 Å². The second kappa shape index (κ2) is 4.53. The number of methoxy groups -OCH3 is 1. The largest absolute Gasteiger partial charge is 0.467 e. The fourth-order valence-electron chi connectivity index (χ4n) is 1.37. The molecule has 82 valence electrons. The smallest absolute Gasteiger partial charge is 0.337 e. The first-order chi connectivity index (χ1) is 6.50. The normalized spacial score (nSPS) is 30.3. The predicted octanol–water partition coefficient (Wildman–Crippen LogP) is 0.486. The third-order valence-corrected chi connectivity index (χ3v) is 2.07. The number of esters is 1. The lowest BCUT2D eigenvalue weighted by molar-refractivity contribution is -0.168. The van der Waals surface area contributed by atoms with E-state index in [4.69, 9.17) is 14.0 Å². The maximum absolute atomic E-state index is 11.3. The number of carbonyl (C=O) groups is 1. The van der Waals surface area contributed by atoms with Gasteiger partial charge in [0.15, 0.2) is 11.9 Å². The predicted molar refractivity (Wildman–Crippen MR) is 51.5 cm³/mol. The molecule has 1 aliphatic rings. The molecule has 1 saturated heterocycles. The molecule has 1 rings (SSSR count). The highest BCUT2D eigenvalue weighted by Gasteiger charge is 2.45. The molecule has 0 aliphatic carbocycles. The Balaban J connectivity index is 2.67. The maximum atomic E-state index is 11.3. The van der Waals surface area contributed by atoms with Crippen LogP contribution < -0.4 is 0 Å². The van der Waals surface area contributed by atoms with E-state index in [9.17, 15) is 4.79 Å². The summed E-state index contributed by atoms with van der Waals surface area (Å²) in [6.07, 6.45) is -1.13. The molecule has 1 aliphatic heterocycles. The van der Waals surface area contributed by atoms with E-state index in [0.29, 0.717) is 0 Å². The molecule has 0 amide bonds. The molecule has 0 N–H and O–H groups in total. The Morgan fingerprint density at radius 1 is 1.50 bits per heavy atom. The molecule has 0 spiro atoms. The zero-order valence-electron chi connectivity index (χ0n) is 8.48. The van der Waals surface area contributed by atoms with E-state index in [2.05, 4.69) is 14.2 Å². The molecule has 1 fully saturated rings. The number of rotatable bonds is 3. The molecular weight excluding hydrogens is 207 g/mol. The van der Waals surface area contributed by atoms with Crippen LogP contribution >= 0.6 is 9.47 Å². The summed E-state index contributed by atoms with van der Waals surface area (Å²) >= 11 is 0. The third kappa shape index (κ3) is 2.64. The van der Waals surface area contributed by atoms with Gasteiger partial charge >= 0.3 is 5.97 Å². The summed E-state index contributed by atoms with van der Waals surface area (Å²) in [6, 6.07) is 0. The molecule has 6 heteroatoms. The van der Waals surface area contributed by atoms with Crippen molar-refractivity contribution in [1.82, 2.24) is 0 Å². The first-order valence-corrected chi connectivity index (χ1v) is 4.72. The number of ether oxygens (including phenoxy) is 3. The van der Waals surface area contributed by atoms with Gasteiger partial charge in [-0.1, -0.05) is 0 Å². The fourth-order valence-corrected chi connectivity index (χ4v) is 1.56. The lowest BCUT2D eigenvalue weighted by Gasteiger charge is -2.16. The zero-order chi connectivity index (χ0) is 10.8.